The fourth-order valence-corrected chi connectivity index (χ4v) is 3.36. The number of hydrogen-bond donors (Lipinski definition) is 2. The number of hydrogen-bond acceptors (Lipinski definition) is 3. The van der Waals surface area contributed by atoms with Gasteiger partial charge in [-0.1, -0.05) is 11.6 Å². The number of aromatic nitrogens is 2. The van der Waals surface area contributed by atoms with Gasteiger partial charge in [0, 0.05) is 23.8 Å². The van der Waals surface area contributed by atoms with Crippen LogP contribution in [0.2, 0.25) is 5.02 Å². The van der Waals surface area contributed by atoms with Crippen molar-refractivity contribution in [1.29, 1.82) is 0 Å². The number of nitrogens with zero attached hydrogens (tertiary/aromatic N) is 3. The van der Waals surface area contributed by atoms with Crippen molar-refractivity contribution in [3.05, 3.63) is 57.1 Å². The summed E-state index contributed by atoms with van der Waals surface area (Å²) in [5.74, 6) is 0.792. The van der Waals surface area contributed by atoms with Crippen LogP contribution in [0.3, 0.4) is 0 Å². The van der Waals surface area contributed by atoms with Gasteiger partial charge in [0.2, 0.25) is 0 Å². The van der Waals surface area contributed by atoms with Crippen LogP contribution >= 0.6 is 22.9 Å². The van der Waals surface area contributed by atoms with Gasteiger partial charge in [0.1, 0.15) is 5.65 Å². The van der Waals surface area contributed by atoms with Gasteiger partial charge in [-0.2, -0.15) is 0 Å². The van der Waals surface area contributed by atoms with Crippen LogP contribution in [0.1, 0.15) is 23.1 Å². The lowest BCUT2D eigenvalue weighted by Crippen LogP contribution is -2.36. The topological polar surface area (TPSA) is 53.7 Å². The number of aryl methyl sites for hydroxylation is 1. The standard InChI is InChI=1S/C17H20ClN5S/c1-3-19-17(21-9-15-12(2)6-7-24-15)20-8-14-11-23-10-13(18)4-5-16(23)22-14/h4-7,10-11H,3,8-9H2,1-2H3,(H2,19,20,21). The second kappa shape index (κ2) is 7.68. The van der Waals surface area contributed by atoms with E-state index in [2.05, 4.69) is 45.9 Å². The number of imidazole rings is 1. The average Bonchev–Trinajstić information content (AvgIpc) is 3.15. The summed E-state index contributed by atoms with van der Waals surface area (Å²) in [5, 5.41) is 9.44. The normalized spacial score (nSPS) is 11.9. The maximum Gasteiger partial charge on any atom is 0.191 e. The Labute approximate surface area is 150 Å². The van der Waals surface area contributed by atoms with Crippen molar-refractivity contribution >= 4 is 34.5 Å². The molecule has 0 spiro atoms. The van der Waals surface area contributed by atoms with E-state index in [-0.39, 0.29) is 0 Å². The third-order valence-corrected chi connectivity index (χ3v) is 4.84. The summed E-state index contributed by atoms with van der Waals surface area (Å²) in [4.78, 5) is 10.5. The lowest BCUT2D eigenvalue weighted by molar-refractivity contribution is 0.818. The first-order valence-corrected chi connectivity index (χ1v) is 9.09. The summed E-state index contributed by atoms with van der Waals surface area (Å²) in [6.45, 7) is 6.28. The van der Waals surface area contributed by atoms with Gasteiger partial charge in [0.25, 0.3) is 0 Å². The monoisotopic (exact) mass is 361 g/mol. The molecule has 0 bridgehead atoms. The maximum absolute atomic E-state index is 6.00. The number of halogens is 1. The van der Waals surface area contributed by atoms with E-state index < -0.39 is 0 Å². The van der Waals surface area contributed by atoms with Crippen molar-refractivity contribution < 1.29 is 0 Å². The maximum atomic E-state index is 6.00. The van der Waals surface area contributed by atoms with Crippen molar-refractivity contribution in [3.63, 3.8) is 0 Å². The summed E-state index contributed by atoms with van der Waals surface area (Å²) in [6, 6.07) is 5.87. The van der Waals surface area contributed by atoms with Crippen LogP contribution in [0.5, 0.6) is 0 Å². The Balaban J connectivity index is 1.68. The molecular weight excluding hydrogens is 342 g/mol. The Morgan fingerprint density at radius 2 is 2.17 bits per heavy atom. The predicted molar refractivity (Wildman–Crippen MR) is 101 cm³/mol. The molecule has 0 saturated carbocycles. The van der Waals surface area contributed by atoms with E-state index in [9.17, 15) is 0 Å². The number of pyridine rings is 1. The fourth-order valence-electron chi connectivity index (χ4n) is 2.34. The van der Waals surface area contributed by atoms with Crippen LogP contribution in [-0.2, 0) is 13.1 Å². The molecule has 0 aliphatic heterocycles. The summed E-state index contributed by atoms with van der Waals surface area (Å²) in [7, 11) is 0. The first-order chi connectivity index (χ1) is 11.7. The van der Waals surface area contributed by atoms with Crippen molar-refractivity contribution in [3.8, 4) is 0 Å². The zero-order valence-corrected chi connectivity index (χ0v) is 15.3. The molecule has 0 radical (unpaired) electrons. The van der Waals surface area contributed by atoms with Crippen LogP contribution in [0, 0.1) is 6.92 Å². The highest BCUT2D eigenvalue weighted by atomic mass is 35.5. The highest BCUT2D eigenvalue weighted by Gasteiger charge is 2.04. The molecule has 24 heavy (non-hydrogen) atoms. The highest BCUT2D eigenvalue weighted by molar-refractivity contribution is 7.10. The second-order valence-electron chi connectivity index (χ2n) is 5.42. The molecule has 0 unspecified atom stereocenters. The predicted octanol–water partition coefficient (Wildman–Crippen LogP) is 3.61. The molecule has 0 fully saturated rings. The quantitative estimate of drug-likeness (QED) is 0.539. The zero-order chi connectivity index (χ0) is 16.9. The molecule has 0 aliphatic rings. The molecule has 2 N–H and O–H groups in total. The van der Waals surface area contributed by atoms with Gasteiger partial charge in [-0.3, -0.25) is 0 Å². The van der Waals surface area contributed by atoms with Crippen LogP contribution in [0.15, 0.2) is 41.0 Å². The molecule has 0 aliphatic carbocycles. The van der Waals surface area contributed by atoms with Gasteiger partial charge in [-0.25, -0.2) is 9.98 Å². The lowest BCUT2D eigenvalue weighted by Gasteiger charge is -2.10. The Kier molecular flexibility index (Phi) is 5.37. The number of aliphatic imine (C=N–C) groups is 1. The number of rotatable bonds is 5. The summed E-state index contributed by atoms with van der Waals surface area (Å²) < 4.78 is 1.92. The van der Waals surface area contributed by atoms with Gasteiger partial charge >= 0.3 is 0 Å². The lowest BCUT2D eigenvalue weighted by atomic mass is 10.3. The number of nitrogens with one attached hydrogen (secondary N) is 2. The molecule has 5 nitrogen and oxygen atoms in total. The first-order valence-electron chi connectivity index (χ1n) is 7.84. The van der Waals surface area contributed by atoms with Crippen molar-refractivity contribution in [1.82, 2.24) is 20.0 Å². The number of guanidine groups is 1. The molecule has 3 heterocycles. The molecule has 0 saturated heterocycles. The summed E-state index contributed by atoms with van der Waals surface area (Å²) in [6.07, 6.45) is 3.80. The third-order valence-electron chi connectivity index (χ3n) is 3.59. The largest absolute Gasteiger partial charge is 0.357 e. The van der Waals surface area contributed by atoms with Crippen LogP contribution in [0.25, 0.3) is 5.65 Å². The Hall–Kier alpha value is -2.05. The fraction of sp³-hybridized carbons (Fsp3) is 0.294. The number of fused-ring (bicyclic) bond motifs is 1. The minimum atomic E-state index is 0.512. The number of thiophene rings is 1. The third kappa shape index (κ3) is 4.07. The average molecular weight is 362 g/mol. The molecule has 0 aromatic carbocycles. The first kappa shape index (κ1) is 16.8. The van der Waals surface area contributed by atoms with E-state index in [1.165, 1.54) is 10.4 Å². The SMILES string of the molecule is CCNC(=NCc1cn2cc(Cl)ccc2n1)NCc1sccc1C. The second-order valence-corrected chi connectivity index (χ2v) is 6.86. The van der Waals surface area contributed by atoms with Crippen molar-refractivity contribution in [2.24, 2.45) is 4.99 Å². The molecular formula is C17H20ClN5S. The minimum absolute atomic E-state index is 0.512. The van der Waals surface area contributed by atoms with Crippen LogP contribution < -0.4 is 10.6 Å². The van der Waals surface area contributed by atoms with Gasteiger partial charge in [-0.05, 0) is 43.0 Å². The van der Waals surface area contributed by atoms with E-state index in [1.54, 1.807) is 11.3 Å². The van der Waals surface area contributed by atoms with E-state index >= 15 is 0 Å². The highest BCUT2D eigenvalue weighted by Crippen LogP contribution is 2.15. The van der Waals surface area contributed by atoms with E-state index in [1.807, 2.05) is 28.9 Å². The molecule has 7 heteroatoms. The van der Waals surface area contributed by atoms with E-state index in [4.69, 9.17) is 11.6 Å². The zero-order valence-electron chi connectivity index (χ0n) is 13.7. The summed E-state index contributed by atoms with van der Waals surface area (Å²) in [5.41, 5.74) is 3.08. The van der Waals surface area contributed by atoms with Gasteiger partial charge in [0.05, 0.1) is 23.8 Å². The van der Waals surface area contributed by atoms with E-state index in [0.29, 0.717) is 11.6 Å². The molecule has 3 aromatic heterocycles. The molecule has 126 valence electrons. The smallest absolute Gasteiger partial charge is 0.191 e. The van der Waals surface area contributed by atoms with Crippen LogP contribution in [0.4, 0.5) is 0 Å². The summed E-state index contributed by atoms with van der Waals surface area (Å²) >= 11 is 7.76. The minimum Gasteiger partial charge on any atom is -0.357 e. The van der Waals surface area contributed by atoms with Crippen molar-refractivity contribution in [2.45, 2.75) is 26.9 Å². The Morgan fingerprint density at radius 1 is 1.29 bits per heavy atom. The van der Waals surface area contributed by atoms with Gasteiger partial charge < -0.3 is 15.0 Å². The molecule has 3 rings (SSSR count). The molecule has 0 amide bonds. The van der Waals surface area contributed by atoms with Crippen molar-refractivity contribution in [2.75, 3.05) is 6.54 Å². The molecule has 3 aromatic rings. The Bertz CT molecular complexity index is 852. The Morgan fingerprint density at radius 3 is 2.92 bits per heavy atom. The van der Waals surface area contributed by atoms with Crippen LogP contribution in [-0.4, -0.2) is 21.9 Å². The van der Waals surface area contributed by atoms with Gasteiger partial charge in [0.15, 0.2) is 5.96 Å². The molecule has 0 atom stereocenters. The van der Waals surface area contributed by atoms with Gasteiger partial charge in [-0.15, -0.1) is 11.3 Å². The van der Waals surface area contributed by atoms with E-state index in [0.717, 1.165) is 30.4 Å².